The van der Waals surface area contributed by atoms with Crippen LogP contribution in [0.25, 0.3) is 22.8 Å². The van der Waals surface area contributed by atoms with Crippen LogP contribution in [0, 0.1) is 9.54 Å². The van der Waals surface area contributed by atoms with Gasteiger partial charge in [-0.25, -0.2) is 0 Å². The van der Waals surface area contributed by atoms with E-state index in [9.17, 15) is 0 Å². The van der Waals surface area contributed by atoms with E-state index in [2.05, 4.69) is 30.4 Å². The Morgan fingerprint density at radius 2 is 1.21 bits per heavy atom. The molecule has 4 N–H and O–H groups in total. The second-order valence-corrected chi connectivity index (χ2v) is 6.45. The molecule has 0 spiro atoms. The van der Waals surface area contributed by atoms with E-state index in [4.69, 9.17) is 24.4 Å². The lowest BCUT2D eigenvalue weighted by Crippen LogP contribution is -1.97. The number of hydrogen-bond donors (Lipinski definition) is 2. The Morgan fingerprint density at radius 1 is 0.793 bits per heavy atom. The molecular formula is C18H22N8OS2. The quantitative estimate of drug-likeness (QED) is 0.479. The van der Waals surface area contributed by atoms with E-state index in [0.717, 1.165) is 35.9 Å². The normalized spacial score (nSPS) is 10.0. The monoisotopic (exact) mass is 430 g/mol. The summed E-state index contributed by atoms with van der Waals surface area (Å²) >= 11 is 10.2. The zero-order chi connectivity index (χ0) is 19.9. The molecule has 4 aromatic heterocycles. The average molecular weight is 431 g/mol. The smallest absolute Gasteiger partial charge is 0.195 e. The Hall–Kier alpha value is -3.02. The van der Waals surface area contributed by atoms with Gasteiger partial charge in [-0.05, 0) is 62.5 Å². The van der Waals surface area contributed by atoms with Crippen molar-refractivity contribution < 1.29 is 5.48 Å². The Kier molecular flexibility index (Phi) is 8.07. The minimum Gasteiger partial charge on any atom is -0.412 e. The topological polar surface area (TPSA) is 124 Å². The molecule has 0 radical (unpaired) electrons. The van der Waals surface area contributed by atoms with Gasteiger partial charge in [0.25, 0.3) is 0 Å². The number of pyridine rings is 2. The van der Waals surface area contributed by atoms with Gasteiger partial charge in [-0.3, -0.25) is 20.2 Å². The van der Waals surface area contributed by atoms with Crippen molar-refractivity contribution in [2.24, 2.45) is 0 Å². The molecular weight excluding hydrogens is 408 g/mol. The molecule has 0 atom stereocenters. The van der Waals surface area contributed by atoms with Crippen molar-refractivity contribution in [1.82, 2.24) is 39.5 Å². The predicted octanol–water partition coefficient (Wildman–Crippen LogP) is 3.22. The maximum absolute atomic E-state index is 5.10. The van der Waals surface area contributed by atoms with Crippen LogP contribution in [0.5, 0.6) is 0 Å². The molecule has 0 aliphatic rings. The minimum atomic E-state index is 0. The van der Waals surface area contributed by atoms with E-state index >= 15 is 0 Å². The van der Waals surface area contributed by atoms with Crippen molar-refractivity contribution in [3.63, 3.8) is 0 Å². The van der Waals surface area contributed by atoms with Crippen molar-refractivity contribution >= 4 is 24.4 Å². The first-order valence-electron chi connectivity index (χ1n) is 8.76. The Bertz CT molecular complexity index is 1040. The number of nitrogens with zero attached hydrogens (tertiary/aromatic N) is 6. The summed E-state index contributed by atoms with van der Waals surface area (Å²) in [5.74, 6) is 1.68. The molecule has 4 aromatic rings. The highest BCUT2D eigenvalue weighted by atomic mass is 32.1. The molecule has 0 fully saturated rings. The molecule has 0 saturated carbocycles. The van der Waals surface area contributed by atoms with E-state index in [1.165, 1.54) is 0 Å². The number of rotatable bonds is 4. The summed E-state index contributed by atoms with van der Waals surface area (Å²) < 4.78 is 5.16. The summed E-state index contributed by atoms with van der Waals surface area (Å²) in [5, 5.41) is 13.9. The lowest BCUT2D eigenvalue weighted by Gasteiger charge is -2.01. The summed E-state index contributed by atoms with van der Waals surface area (Å²) in [7, 11) is 0. The van der Waals surface area contributed by atoms with Gasteiger partial charge in [0.05, 0.1) is 0 Å². The molecule has 0 unspecified atom stereocenters. The van der Waals surface area contributed by atoms with E-state index in [-0.39, 0.29) is 5.48 Å². The lowest BCUT2D eigenvalue weighted by molar-refractivity contribution is 0.755. The van der Waals surface area contributed by atoms with E-state index in [1.807, 2.05) is 47.2 Å². The van der Waals surface area contributed by atoms with Crippen molar-refractivity contribution in [2.45, 2.75) is 26.9 Å². The summed E-state index contributed by atoms with van der Waals surface area (Å²) in [4.78, 5) is 8.09. The predicted molar refractivity (Wildman–Crippen MR) is 116 cm³/mol. The standard InChI is InChI=1S/2C9H10N4S.H2O/c2*1-2-13-8(11-12-9(13)14)7-4-3-5-10-6-7;/h2*3-6H,2H2,1H3,(H,12,14);1H2. The fourth-order valence-electron chi connectivity index (χ4n) is 2.65. The first-order chi connectivity index (χ1) is 13.7. The lowest BCUT2D eigenvalue weighted by atomic mass is 10.3. The molecule has 29 heavy (non-hydrogen) atoms. The van der Waals surface area contributed by atoms with Gasteiger partial charge >= 0.3 is 0 Å². The molecule has 0 aliphatic carbocycles. The number of aromatic nitrogens is 8. The Labute approximate surface area is 177 Å². The van der Waals surface area contributed by atoms with E-state index in [0.29, 0.717) is 9.54 Å². The van der Waals surface area contributed by atoms with E-state index < -0.39 is 0 Å². The summed E-state index contributed by atoms with van der Waals surface area (Å²) in [6, 6.07) is 7.69. The van der Waals surface area contributed by atoms with Crippen LogP contribution >= 0.6 is 24.4 Å². The molecule has 0 aromatic carbocycles. The maximum Gasteiger partial charge on any atom is 0.195 e. The van der Waals surface area contributed by atoms with Crippen LogP contribution < -0.4 is 0 Å². The van der Waals surface area contributed by atoms with Crippen molar-refractivity contribution in [3.05, 3.63) is 58.6 Å². The van der Waals surface area contributed by atoms with Crippen LogP contribution in [0.1, 0.15) is 13.8 Å². The molecule has 11 heteroatoms. The number of aromatic amines is 2. The van der Waals surface area contributed by atoms with Gasteiger partial charge in [0.1, 0.15) is 0 Å². The third-order valence-corrected chi connectivity index (χ3v) is 4.61. The van der Waals surface area contributed by atoms with Crippen LogP contribution in [0.15, 0.2) is 49.1 Å². The maximum atomic E-state index is 5.10. The second-order valence-electron chi connectivity index (χ2n) is 5.68. The highest BCUT2D eigenvalue weighted by molar-refractivity contribution is 7.71. The number of hydrogen-bond acceptors (Lipinski definition) is 6. The number of H-pyrrole nitrogens is 2. The molecule has 0 bridgehead atoms. The average Bonchev–Trinajstić information content (AvgIpc) is 3.31. The van der Waals surface area contributed by atoms with Gasteiger partial charge in [-0.2, -0.15) is 10.2 Å². The highest BCUT2D eigenvalue weighted by Crippen LogP contribution is 2.15. The molecule has 9 nitrogen and oxygen atoms in total. The van der Waals surface area contributed by atoms with Gasteiger partial charge in [0.2, 0.25) is 0 Å². The SMILES string of the molecule is CCn1c(-c2cccnc2)n[nH]c1=S.CCn1c(-c2cccnc2)n[nH]c1=S.O. The van der Waals surface area contributed by atoms with Crippen LogP contribution in [-0.4, -0.2) is 45.0 Å². The van der Waals surface area contributed by atoms with Crippen LogP contribution in [0.2, 0.25) is 0 Å². The zero-order valence-electron chi connectivity index (χ0n) is 16.0. The fraction of sp³-hybridized carbons (Fsp3) is 0.222. The van der Waals surface area contributed by atoms with Crippen LogP contribution in [0.3, 0.4) is 0 Å². The molecule has 0 aliphatic heterocycles. The first kappa shape index (κ1) is 22.3. The Morgan fingerprint density at radius 3 is 1.52 bits per heavy atom. The number of nitrogens with one attached hydrogen (secondary N) is 2. The van der Waals surface area contributed by atoms with Crippen LogP contribution in [-0.2, 0) is 13.1 Å². The minimum absolute atomic E-state index is 0. The van der Waals surface area contributed by atoms with Gasteiger partial charge in [0, 0.05) is 49.0 Å². The van der Waals surface area contributed by atoms with Crippen molar-refractivity contribution in [1.29, 1.82) is 0 Å². The molecule has 4 rings (SSSR count). The van der Waals surface area contributed by atoms with E-state index in [1.54, 1.807) is 24.8 Å². The third-order valence-electron chi connectivity index (χ3n) is 3.99. The van der Waals surface area contributed by atoms with Crippen LogP contribution in [0.4, 0.5) is 0 Å². The summed E-state index contributed by atoms with van der Waals surface area (Å²) in [6.07, 6.45) is 7.02. The van der Waals surface area contributed by atoms with Gasteiger partial charge in [-0.15, -0.1) is 0 Å². The second kappa shape index (κ2) is 10.5. The van der Waals surface area contributed by atoms with Gasteiger partial charge < -0.3 is 14.6 Å². The van der Waals surface area contributed by atoms with Crippen molar-refractivity contribution in [3.8, 4) is 22.8 Å². The highest BCUT2D eigenvalue weighted by Gasteiger charge is 2.07. The molecule has 152 valence electrons. The molecule has 0 saturated heterocycles. The molecule has 4 heterocycles. The largest absolute Gasteiger partial charge is 0.412 e. The zero-order valence-corrected chi connectivity index (χ0v) is 17.7. The van der Waals surface area contributed by atoms with Gasteiger partial charge in [-0.1, -0.05) is 0 Å². The summed E-state index contributed by atoms with van der Waals surface area (Å²) in [6.45, 7) is 5.68. The van der Waals surface area contributed by atoms with Gasteiger partial charge in [0.15, 0.2) is 21.2 Å². The molecule has 0 amide bonds. The Balaban J connectivity index is 0.000000200. The van der Waals surface area contributed by atoms with Crippen molar-refractivity contribution in [2.75, 3.05) is 0 Å². The third kappa shape index (κ3) is 5.08. The summed E-state index contributed by atoms with van der Waals surface area (Å²) in [5.41, 5.74) is 1.95. The first-order valence-corrected chi connectivity index (χ1v) is 9.58. The fourth-order valence-corrected chi connectivity index (χ4v) is 3.18.